The topological polar surface area (TPSA) is 84.4 Å². The van der Waals surface area contributed by atoms with E-state index in [1.54, 1.807) is 7.11 Å². The number of amides is 1. The Morgan fingerprint density at radius 2 is 1.88 bits per heavy atom. The number of rotatable bonds is 12. The van der Waals surface area contributed by atoms with Crippen molar-refractivity contribution >= 4 is 11.9 Å². The molecule has 0 bridgehead atoms. The summed E-state index contributed by atoms with van der Waals surface area (Å²) >= 11 is 0. The fourth-order valence-corrected chi connectivity index (χ4v) is 3.74. The molecule has 178 valence electrons. The maximum Gasteiger partial charge on any atom is 0.258 e. The Morgan fingerprint density at radius 3 is 2.53 bits per heavy atom. The number of nitrogens with one attached hydrogen (secondary N) is 2. The number of hydrogen-bond donors (Lipinski definition) is 2. The second-order valence-electron chi connectivity index (χ2n) is 8.40. The van der Waals surface area contributed by atoms with Gasteiger partial charge in [0.2, 0.25) is 0 Å². The van der Waals surface area contributed by atoms with Crippen LogP contribution in [-0.4, -0.2) is 82.5 Å². The van der Waals surface area contributed by atoms with Gasteiger partial charge in [0, 0.05) is 53.0 Å². The third-order valence-electron chi connectivity index (χ3n) is 5.73. The van der Waals surface area contributed by atoms with Crippen molar-refractivity contribution in [1.82, 2.24) is 15.5 Å². The molecule has 1 aliphatic heterocycles. The highest BCUT2D eigenvalue weighted by atomic mass is 16.5. The van der Waals surface area contributed by atoms with Crippen molar-refractivity contribution in [3.63, 3.8) is 0 Å². The standard InChI is InChI=1S/C24H38N4O4/c1-25-24(28-14-11-22(12-15-28)31-17-3-16-30-2)26-13-10-19-4-8-21(9-5-19)32-18-23(29)27-20-6-7-20/h4-5,8-9,20,22H,3,6-7,10-18H2,1-2H3,(H,25,26)(H,27,29). The molecule has 2 aliphatic rings. The van der Waals surface area contributed by atoms with Gasteiger partial charge in [-0.15, -0.1) is 0 Å². The van der Waals surface area contributed by atoms with Crippen LogP contribution in [0.4, 0.5) is 0 Å². The number of carbonyl (C=O) groups is 1. The molecular formula is C24H38N4O4. The fraction of sp³-hybridized carbons (Fsp3) is 0.667. The molecule has 0 atom stereocenters. The van der Waals surface area contributed by atoms with E-state index in [4.69, 9.17) is 14.2 Å². The summed E-state index contributed by atoms with van der Waals surface area (Å²) < 4.78 is 16.6. The number of guanidine groups is 1. The smallest absolute Gasteiger partial charge is 0.258 e. The van der Waals surface area contributed by atoms with Crippen LogP contribution in [0.3, 0.4) is 0 Å². The van der Waals surface area contributed by atoms with Gasteiger partial charge >= 0.3 is 0 Å². The minimum absolute atomic E-state index is 0.0474. The van der Waals surface area contributed by atoms with Gasteiger partial charge < -0.3 is 29.7 Å². The summed E-state index contributed by atoms with van der Waals surface area (Å²) in [5.74, 6) is 1.62. The summed E-state index contributed by atoms with van der Waals surface area (Å²) in [5, 5.41) is 6.40. The number of benzene rings is 1. The van der Waals surface area contributed by atoms with E-state index in [2.05, 4.69) is 20.5 Å². The Kier molecular flexibility index (Phi) is 10.1. The van der Waals surface area contributed by atoms with Crippen LogP contribution in [0.15, 0.2) is 29.3 Å². The third-order valence-corrected chi connectivity index (χ3v) is 5.73. The van der Waals surface area contributed by atoms with Gasteiger partial charge in [0.05, 0.1) is 6.10 Å². The molecule has 0 unspecified atom stereocenters. The Bertz CT molecular complexity index is 713. The van der Waals surface area contributed by atoms with Crippen molar-refractivity contribution in [3.05, 3.63) is 29.8 Å². The number of likely N-dealkylation sites (tertiary alicyclic amines) is 1. The summed E-state index contributed by atoms with van der Waals surface area (Å²) in [6.07, 6.45) is 6.38. The van der Waals surface area contributed by atoms with E-state index in [1.165, 1.54) is 5.56 Å². The van der Waals surface area contributed by atoms with Gasteiger partial charge in [0.1, 0.15) is 5.75 Å². The van der Waals surface area contributed by atoms with E-state index < -0.39 is 0 Å². The average molecular weight is 447 g/mol. The van der Waals surface area contributed by atoms with Crippen molar-refractivity contribution in [3.8, 4) is 5.75 Å². The number of ether oxygens (including phenoxy) is 3. The molecule has 1 aliphatic carbocycles. The maximum atomic E-state index is 11.7. The molecule has 0 aromatic heterocycles. The molecule has 32 heavy (non-hydrogen) atoms. The quantitative estimate of drug-likeness (QED) is 0.290. The zero-order valence-electron chi connectivity index (χ0n) is 19.5. The molecule has 2 N–H and O–H groups in total. The molecule has 3 rings (SSSR count). The number of piperidine rings is 1. The highest BCUT2D eigenvalue weighted by Crippen LogP contribution is 2.18. The van der Waals surface area contributed by atoms with Crippen LogP contribution in [0.1, 0.15) is 37.7 Å². The van der Waals surface area contributed by atoms with Gasteiger partial charge in [0.25, 0.3) is 5.91 Å². The van der Waals surface area contributed by atoms with Crippen molar-refractivity contribution in [2.24, 2.45) is 4.99 Å². The van der Waals surface area contributed by atoms with Gasteiger partial charge in [0.15, 0.2) is 12.6 Å². The van der Waals surface area contributed by atoms with E-state index in [1.807, 2.05) is 31.3 Å². The predicted octanol–water partition coefficient (Wildman–Crippen LogP) is 1.98. The first-order chi connectivity index (χ1) is 15.7. The zero-order valence-corrected chi connectivity index (χ0v) is 19.5. The third kappa shape index (κ3) is 8.67. The summed E-state index contributed by atoms with van der Waals surface area (Å²) in [4.78, 5) is 18.5. The van der Waals surface area contributed by atoms with Crippen LogP contribution in [0.25, 0.3) is 0 Å². The summed E-state index contributed by atoms with van der Waals surface area (Å²) in [6, 6.07) is 8.30. The summed E-state index contributed by atoms with van der Waals surface area (Å²) in [7, 11) is 3.56. The lowest BCUT2D eigenvalue weighted by molar-refractivity contribution is -0.123. The number of nitrogens with zero attached hydrogens (tertiary/aromatic N) is 2. The molecule has 1 saturated carbocycles. The first-order valence-corrected chi connectivity index (χ1v) is 11.7. The van der Waals surface area contributed by atoms with Crippen molar-refractivity contribution in [1.29, 1.82) is 0 Å². The molecule has 1 saturated heterocycles. The minimum Gasteiger partial charge on any atom is -0.484 e. The molecule has 1 aromatic rings. The van der Waals surface area contributed by atoms with E-state index in [-0.39, 0.29) is 12.5 Å². The summed E-state index contributed by atoms with van der Waals surface area (Å²) in [6.45, 7) is 4.31. The number of aliphatic imine (C=N–C) groups is 1. The molecule has 1 heterocycles. The molecule has 0 spiro atoms. The summed E-state index contributed by atoms with van der Waals surface area (Å²) in [5.41, 5.74) is 1.21. The van der Waals surface area contributed by atoms with Gasteiger partial charge in [-0.2, -0.15) is 0 Å². The average Bonchev–Trinajstić information content (AvgIpc) is 3.63. The molecule has 1 aromatic carbocycles. The first-order valence-electron chi connectivity index (χ1n) is 11.7. The second kappa shape index (κ2) is 13.3. The van der Waals surface area contributed by atoms with Crippen LogP contribution < -0.4 is 15.4 Å². The lowest BCUT2D eigenvalue weighted by Crippen LogP contribution is -2.47. The van der Waals surface area contributed by atoms with E-state index >= 15 is 0 Å². The van der Waals surface area contributed by atoms with E-state index in [0.29, 0.717) is 12.1 Å². The Hall–Kier alpha value is -2.32. The molecule has 8 nitrogen and oxygen atoms in total. The Morgan fingerprint density at radius 1 is 1.12 bits per heavy atom. The van der Waals surface area contributed by atoms with Gasteiger partial charge in [-0.1, -0.05) is 12.1 Å². The van der Waals surface area contributed by atoms with Gasteiger partial charge in [-0.25, -0.2) is 0 Å². The molecule has 8 heteroatoms. The predicted molar refractivity (Wildman–Crippen MR) is 125 cm³/mol. The van der Waals surface area contributed by atoms with E-state index in [0.717, 1.165) is 83.1 Å². The van der Waals surface area contributed by atoms with Crippen LogP contribution in [-0.2, 0) is 20.7 Å². The van der Waals surface area contributed by atoms with Gasteiger partial charge in [-0.3, -0.25) is 9.79 Å². The fourth-order valence-electron chi connectivity index (χ4n) is 3.74. The molecule has 0 radical (unpaired) electrons. The highest BCUT2D eigenvalue weighted by Gasteiger charge is 2.23. The van der Waals surface area contributed by atoms with Crippen molar-refractivity contribution in [2.75, 3.05) is 53.6 Å². The zero-order chi connectivity index (χ0) is 22.6. The van der Waals surface area contributed by atoms with Crippen LogP contribution >= 0.6 is 0 Å². The molecule has 2 fully saturated rings. The van der Waals surface area contributed by atoms with Gasteiger partial charge in [-0.05, 0) is 56.2 Å². The molecule has 1 amide bonds. The van der Waals surface area contributed by atoms with Crippen LogP contribution in [0.5, 0.6) is 5.75 Å². The maximum absolute atomic E-state index is 11.7. The largest absolute Gasteiger partial charge is 0.484 e. The lowest BCUT2D eigenvalue weighted by Gasteiger charge is -2.34. The molecular weight excluding hydrogens is 408 g/mol. The minimum atomic E-state index is -0.0474. The van der Waals surface area contributed by atoms with Crippen molar-refractivity contribution < 1.29 is 19.0 Å². The highest BCUT2D eigenvalue weighted by molar-refractivity contribution is 5.80. The number of hydrogen-bond acceptors (Lipinski definition) is 5. The van der Waals surface area contributed by atoms with Crippen molar-refractivity contribution in [2.45, 2.75) is 50.7 Å². The Balaban J connectivity index is 1.31. The van der Waals surface area contributed by atoms with Crippen LogP contribution in [0.2, 0.25) is 0 Å². The normalized spacial score (nSPS) is 17.3. The number of carbonyl (C=O) groups excluding carboxylic acids is 1. The SMILES string of the molecule is CN=C(NCCc1ccc(OCC(=O)NC2CC2)cc1)N1CCC(OCCCOC)CC1. The number of methoxy groups -OCH3 is 1. The van der Waals surface area contributed by atoms with E-state index in [9.17, 15) is 4.79 Å². The second-order valence-corrected chi connectivity index (χ2v) is 8.40. The van der Waals surface area contributed by atoms with Crippen LogP contribution in [0, 0.1) is 0 Å². The Labute approximate surface area is 191 Å². The first kappa shape index (κ1) is 24.3. The lowest BCUT2D eigenvalue weighted by atomic mass is 10.1. The monoisotopic (exact) mass is 446 g/mol.